The minimum Gasteiger partial charge on any atom is -0.0865 e. The summed E-state index contributed by atoms with van der Waals surface area (Å²) in [4.78, 5) is 0. The van der Waals surface area contributed by atoms with Gasteiger partial charge in [-0.3, -0.25) is 0 Å². The number of fused-ring (bicyclic) bond motifs is 1. The van der Waals surface area contributed by atoms with Crippen LogP contribution in [-0.2, 0) is 0 Å². The molecule has 0 amide bonds. The third-order valence-electron chi connectivity index (χ3n) is 4.50. The van der Waals surface area contributed by atoms with Gasteiger partial charge in [0.15, 0.2) is 0 Å². The van der Waals surface area contributed by atoms with Crippen molar-refractivity contribution in [2.24, 2.45) is 0 Å². The Kier molecular flexibility index (Phi) is 5.09. The summed E-state index contributed by atoms with van der Waals surface area (Å²) in [5, 5.41) is 4.47. The lowest BCUT2D eigenvalue weighted by Gasteiger charge is -2.17. The van der Waals surface area contributed by atoms with Gasteiger partial charge < -0.3 is 0 Å². The van der Waals surface area contributed by atoms with Crippen LogP contribution in [0.4, 0.5) is 0 Å². The monoisotopic (exact) mass is 284 g/mol. The van der Waals surface area contributed by atoms with E-state index >= 15 is 0 Å². The Balaban J connectivity index is 1.77. The normalized spacial score (nSPS) is 19.0. The van der Waals surface area contributed by atoms with E-state index < -0.39 is 0 Å². The standard InChI is InChI=1S/C19H25P/c1-2-4-6-13-17(12-5-3-1)20-19-15-9-11-16-10-7-8-14-18(16)19/h7-11,14-15,17,20H,1-6,12-13H2. The number of rotatable bonds is 2. The van der Waals surface area contributed by atoms with Gasteiger partial charge >= 0.3 is 0 Å². The first kappa shape index (κ1) is 14.1. The minimum atomic E-state index is 0.930. The van der Waals surface area contributed by atoms with Crippen molar-refractivity contribution in [2.45, 2.75) is 57.0 Å². The topological polar surface area (TPSA) is 0 Å². The first-order valence-corrected chi connectivity index (χ1v) is 9.25. The van der Waals surface area contributed by atoms with Crippen molar-refractivity contribution < 1.29 is 0 Å². The molecule has 0 saturated heterocycles. The summed E-state index contributed by atoms with van der Waals surface area (Å²) in [5.74, 6) is 0. The van der Waals surface area contributed by atoms with Crippen molar-refractivity contribution in [1.29, 1.82) is 0 Å². The Bertz CT molecular complexity index is 531. The summed E-state index contributed by atoms with van der Waals surface area (Å²) >= 11 is 0. The van der Waals surface area contributed by atoms with Crippen LogP contribution in [0.2, 0.25) is 0 Å². The second kappa shape index (κ2) is 7.23. The van der Waals surface area contributed by atoms with Crippen molar-refractivity contribution in [1.82, 2.24) is 0 Å². The zero-order chi connectivity index (χ0) is 13.6. The predicted octanol–water partition coefficient (Wildman–Crippen LogP) is 5.65. The van der Waals surface area contributed by atoms with Crippen molar-refractivity contribution in [3.63, 3.8) is 0 Å². The fourth-order valence-corrected chi connectivity index (χ4v) is 5.06. The minimum absolute atomic E-state index is 0.930. The molecule has 1 fully saturated rings. The van der Waals surface area contributed by atoms with Gasteiger partial charge in [-0.25, -0.2) is 0 Å². The molecule has 106 valence electrons. The molecule has 20 heavy (non-hydrogen) atoms. The maximum Gasteiger partial charge on any atom is -0.0110 e. The van der Waals surface area contributed by atoms with Crippen LogP contribution in [0.25, 0.3) is 10.8 Å². The molecule has 0 aliphatic heterocycles. The van der Waals surface area contributed by atoms with Crippen LogP contribution < -0.4 is 5.30 Å². The van der Waals surface area contributed by atoms with E-state index in [9.17, 15) is 0 Å². The van der Waals surface area contributed by atoms with Crippen LogP contribution >= 0.6 is 8.58 Å². The second-order valence-electron chi connectivity index (χ2n) is 6.07. The van der Waals surface area contributed by atoms with E-state index in [1.165, 1.54) is 62.1 Å². The maximum absolute atomic E-state index is 2.35. The third kappa shape index (κ3) is 3.61. The average molecular weight is 284 g/mol. The maximum atomic E-state index is 2.35. The summed E-state index contributed by atoms with van der Waals surface area (Å²) in [6, 6.07) is 15.7. The molecular formula is C19H25P. The van der Waals surface area contributed by atoms with Crippen molar-refractivity contribution >= 4 is 24.7 Å². The lowest BCUT2D eigenvalue weighted by atomic mass is 10.1. The molecule has 1 saturated carbocycles. The molecule has 1 atom stereocenters. The van der Waals surface area contributed by atoms with E-state index in [4.69, 9.17) is 0 Å². The molecule has 1 unspecified atom stereocenters. The molecular weight excluding hydrogens is 259 g/mol. The molecule has 0 heterocycles. The first-order chi connectivity index (χ1) is 9.93. The van der Waals surface area contributed by atoms with Crippen LogP contribution in [0.3, 0.4) is 0 Å². The number of hydrogen-bond donors (Lipinski definition) is 0. The Labute approximate surface area is 124 Å². The summed E-state index contributed by atoms with van der Waals surface area (Å²) in [6.45, 7) is 0. The SMILES string of the molecule is c1ccc2c(PC3CCCCCCCC3)cccc2c1. The molecule has 1 aliphatic carbocycles. The summed E-state index contributed by atoms with van der Waals surface area (Å²) in [5.41, 5.74) is 0.930. The van der Waals surface area contributed by atoms with Crippen molar-refractivity contribution in [3.8, 4) is 0 Å². The number of hydrogen-bond acceptors (Lipinski definition) is 0. The zero-order valence-electron chi connectivity index (χ0n) is 12.3. The van der Waals surface area contributed by atoms with Crippen LogP contribution in [0.5, 0.6) is 0 Å². The lowest BCUT2D eigenvalue weighted by Crippen LogP contribution is -2.07. The molecule has 3 rings (SSSR count). The highest BCUT2D eigenvalue weighted by atomic mass is 31.1. The van der Waals surface area contributed by atoms with E-state index in [-0.39, 0.29) is 0 Å². The van der Waals surface area contributed by atoms with Crippen LogP contribution in [-0.4, -0.2) is 5.66 Å². The van der Waals surface area contributed by atoms with Gasteiger partial charge in [0.1, 0.15) is 0 Å². The van der Waals surface area contributed by atoms with Crippen molar-refractivity contribution in [2.75, 3.05) is 0 Å². The highest BCUT2D eigenvalue weighted by Gasteiger charge is 2.12. The Morgan fingerprint density at radius 3 is 2.15 bits per heavy atom. The molecule has 0 N–H and O–H groups in total. The van der Waals surface area contributed by atoms with E-state index in [0.717, 1.165) is 14.2 Å². The van der Waals surface area contributed by atoms with Gasteiger partial charge in [0.25, 0.3) is 0 Å². The molecule has 0 aromatic heterocycles. The van der Waals surface area contributed by atoms with E-state index in [2.05, 4.69) is 42.5 Å². The molecule has 2 aromatic rings. The van der Waals surface area contributed by atoms with Crippen molar-refractivity contribution in [3.05, 3.63) is 42.5 Å². The van der Waals surface area contributed by atoms with Crippen LogP contribution in [0, 0.1) is 0 Å². The molecule has 2 aromatic carbocycles. The Morgan fingerprint density at radius 1 is 0.700 bits per heavy atom. The molecule has 0 radical (unpaired) electrons. The van der Waals surface area contributed by atoms with Gasteiger partial charge in [-0.15, -0.1) is 0 Å². The fraction of sp³-hybridized carbons (Fsp3) is 0.474. The highest BCUT2D eigenvalue weighted by molar-refractivity contribution is 7.48. The average Bonchev–Trinajstić information content (AvgIpc) is 2.62. The van der Waals surface area contributed by atoms with Gasteiger partial charge in [0.2, 0.25) is 0 Å². The zero-order valence-corrected chi connectivity index (χ0v) is 13.3. The second-order valence-corrected chi connectivity index (χ2v) is 7.71. The number of benzene rings is 2. The summed E-state index contributed by atoms with van der Waals surface area (Å²) in [6.07, 6.45) is 11.6. The summed E-state index contributed by atoms with van der Waals surface area (Å²) in [7, 11) is 0.997. The van der Waals surface area contributed by atoms with Gasteiger partial charge in [-0.05, 0) is 34.6 Å². The van der Waals surface area contributed by atoms with E-state index in [1.807, 2.05) is 0 Å². The van der Waals surface area contributed by atoms with Gasteiger partial charge in [0, 0.05) is 0 Å². The fourth-order valence-electron chi connectivity index (χ4n) is 3.35. The van der Waals surface area contributed by atoms with Crippen LogP contribution in [0.15, 0.2) is 42.5 Å². The molecule has 0 spiro atoms. The quantitative estimate of drug-likeness (QED) is 0.625. The molecule has 0 bridgehead atoms. The smallest absolute Gasteiger partial charge is 0.0110 e. The van der Waals surface area contributed by atoms with E-state index in [1.54, 1.807) is 5.30 Å². The highest BCUT2D eigenvalue weighted by Crippen LogP contribution is 2.32. The van der Waals surface area contributed by atoms with Gasteiger partial charge in [-0.1, -0.05) is 89.6 Å². The predicted molar refractivity (Wildman–Crippen MR) is 92.6 cm³/mol. The molecule has 1 aliphatic rings. The van der Waals surface area contributed by atoms with Gasteiger partial charge in [0.05, 0.1) is 0 Å². The lowest BCUT2D eigenvalue weighted by molar-refractivity contribution is 0.624. The summed E-state index contributed by atoms with van der Waals surface area (Å²) < 4.78 is 0. The largest absolute Gasteiger partial charge is 0.0865 e. The van der Waals surface area contributed by atoms with Crippen LogP contribution in [0.1, 0.15) is 51.4 Å². The Hall–Kier alpha value is -0.870. The molecule has 0 nitrogen and oxygen atoms in total. The first-order valence-electron chi connectivity index (χ1n) is 8.18. The third-order valence-corrected chi connectivity index (χ3v) is 6.24. The Morgan fingerprint density at radius 2 is 1.35 bits per heavy atom. The van der Waals surface area contributed by atoms with E-state index in [0.29, 0.717) is 0 Å². The molecule has 1 heteroatoms. The van der Waals surface area contributed by atoms with Gasteiger partial charge in [-0.2, -0.15) is 0 Å².